The lowest BCUT2D eigenvalue weighted by atomic mass is 10.1. The molecule has 0 aliphatic carbocycles. The Morgan fingerprint density at radius 1 is 1.42 bits per heavy atom. The highest BCUT2D eigenvalue weighted by molar-refractivity contribution is 5.98. The largest absolute Gasteiger partial charge is 0.397 e. The minimum Gasteiger partial charge on any atom is -0.397 e. The normalized spacial score (nSPS) is 12.5. The topological polar surface area (TPSA) is 80.4 Å². The Morgan fingerprint density at radius 2 is 2.26 bits per heavy atom. The number of pyridine rings is 1. The van der Waals surface area contributed by atoms with E-state index in [1.807, 2.05) is 24.3 Å². The number of ether oxygens (including phenoxy) is 1. The summed E-state index contributed by atoms with van der Waals surface area (Å²) in [6.07, 6.45) is 2.35. The average molecular weight is 261 g/mol. The zero-order chi connectivity index (χ0) is 13.7. The number of anilines is 2. The summed E-state index contributed by atoms with van der Waals surface area (Å²) in [5.74, 6) is 0. The third-order valence-electron chi connectivity index (χ3n) is 3.01. The van der Waals surface area contributed by atoms with Crippen molar-refractivity contribution in [3.05, 3.63) is 30.5 Å². The van der Waals surface area contributed by atoms with E-state index in [-0.39, 0.29) is 12.6 Å². The number of aliphatic hydroxyl groups excluding tert-OH is 1. The van der Waals surface area contributed by atoms with Gasteiger partial charge in [0.15, 0.2) is 0 Å². The molecule has 1 heterocycles. The first-order chi connectivity index (χ1) is 9.26. The van der Waals surface area contributed by atoms with E-state index in [0.717, 1.165) is 16.6 Å². The lowest BCUT2D eigenvalue weighted by Crippen LogP contribution is -2.26. The second-order valence-corrected chi connectivity index (χ2v) is 4.41. The molecule has 1 aromatic carbocycles. The number of methoxy groups -OCH3 is 1. The number of hydrogen-bond donors (Lipinski definition) is 3. The molecule has 1 atom stereocenters. The van der Waals surface area contributed by atoms with Crippen molar-refractivity contribution in [3.8, 4) is 0 Å². The van der Waals surface area contributed by atoms with Gasteiger partial charge in [0.05, 0.1) is 23.9 Å². The zero-order valence-corrected chi connectivity index (χ0v) is 11.0. The van der Waals surface area contributed by atoms with Crippen molar-refractivity contribution in [2.75, 3.05) is 31.4 Å². The maximum atomic E-state index is 9.07. The lowest BCUT2D eigenvalue weighted by molar-refractivity contribution is 0.170. The quantitative estimate of drug-likeness (QED) is 0.689. The SMILES string of the molecule is COCC(CCO)Nc1ccc(N)c2ncccc12. The number of nitrogen functional groups attached to an aromatic ring is 1. The molecule has 0 radical (unpaired) electrons. The van der Waals surface area contributed by atoms with E-state index in [1.165, 1.54) is 0 Å². The van der Waals surface area contributed by atoms with Crippen molar-refractivity contribution in [1.82, 2.24) is 4.98 Å². The molecule has 4 N–H and O–H groups in total. The van der Waals surface area contributed by atoms with Crippen LogP contribution in [0.25, 0.3) is 10.9 Å². The summed E-state index contributed by atoms with van der Waals surface area (Å²) in [5, 5.41) is 13.4. The predicted molar refractivity (Wildman–Crippen MR) is 77.1 cm³/mol. The van der Waals surface area contributed by atoms with Crippen molar-refractivity contribution >= 4 is 22.3 Å². The highest BCUT2D eigenvalue weighted by atomic mass is 16.5. The molecule has 0 bridgehead atoms. The summed E-state index contributed by atoms with van der Waals surface area (Å²) in [4.78, 5) is 4.30. The van der Waals surface area contributed by atoms with E-state index in [2.05, 4.69) is 10.3 Å². The molecular formula is C14H19N3O2. The number of nitrogens with one attached hydrogen (secondary N) is 1. The molecule has 19 heavy (non-hydrogen) atoms. The van der Waals surface area contributed by atoms with E-state index in [0.29, 0.717) is 18.7 Å². The van der Waals surface area contributed by atoms with Gasteiger partial charge in [0, 0.05) is 31.0 Å². The molecule has 5 heteroatoms. The van der Waals surface area contributed by atoms with Crippen LogP contribution in [-0.2, 0) is 4.74 Å². The molecule has 102 valence electrons. The van der Waals surface area contributed by atoms with Gasteiger partial charge in [0.1, 0.15) is 0 Å². The Morgan fingerprint density at radius 3 is 3.00 bits per heavy atom. The lowest BCUT2D eigenvalue weighted by Gasteiger charge is -2.19. The summed E-state index contributed by atoms with van der Waals surface area (Å²) >= 11 is 0. The first kappa shape index (κ1) is 13.6. The summed E-state index contributed by atoms with van der Waals surface area (Å²) in [6.45, 7) is 0.652. The molecule has 0 spiro atoms. The molecule has 0 aliphatic heterocycles. The number of hydrogen-bond acceptors (Lipinski definition) is 5. The summed E-state index contributed by atoms with van der Waals surface area (Å²) < 4.78 is 5.15. The number of nitrogens with two attached hydrogens (primary N) is 1. The second-order valence-electron chi connectivity index (χ2n) is 4.41. The minimum absolute atomic E-state index is 0.0574. The van der Waals surface area contributed by atoms with Gasteiger partial charge in [-0.3, -0.25) is 4.98 Å². The highest BCUT2D eigenvalue weighted by Crippen LogP contribution is 2.27. The van der Waals surface area contributed by atoms with Gasteiger partial charge >= 0.3 is 0 Å². The van der Waals surface area contributed by atoms with Crippen LogP contribution in [-0.4, -0.2) is 36.5 Å². The fourth-order valence-electron chi connectivity index (χ4n) is 2.09. The van der Waals surface area contributed by atoms with E-state index < -0.39 is 0 Å². The van der Waals surface area contributed by atoms with Crippen molar-refractivity contribution in [2.24, 2.45) is 0 Å². The van der Waals surface area contributed by atoms with Gasteiger partial charge < -0.3 is 20.9 Å². The van der Waals surface area contributed by atoms with Gasteiger partial charge in [0.25, 0.3) is 0 Å². The summed E-state index contributed by atoms with van der Waals surface area (Å²) in [6, 6.07) is 7.68. The Labute approximate surface area is 112 Å². The molecule has 0 saturated heterocycles. The number of fused-ring (bicyclic) bond motifs is 1. The minimum atomic E-state index is 0.0574. The molecule has 0 fully saturated rings. The fraction of sp³-hybridized carbons (Fsp3) is 0.357. The average Bonchev–Trinajstić information content (AvgIpc) is 2.43. The van der Waals surface area contributed by atoms with E-state index >= 15 is 0 Å². The van der Waals surface area contributed by atoms with Crippen LogP contribution in [0.15, 0.2) is 30.5 Å². The van der Waals surface area contributed by atoms with Crippen LogP contribution in [0.2, 0.25) is 0 Å². The fourth-order valence-corrected chi connectivity index (χ4v) is 2.09. The monoisotopic (exact) mass is 261 g/mol. The number of benzene rings is 1. The van der Waals surface area contributed by atoms with Gasteiger partial charge in [-0.25, -0.2) is 0 Å². The van der Waals surface area contributed by atoms with Crippen molar-refractivity contribution in [2.45, 2.75) is 12.5 Å². The standard InChI is InChI=1S/C14H19N3O2/c1-19-9-10(6-8-18)17-13-5-4-12(15)14-11(13)3-2-7-16-14/h2-5,7,10,17-18H,6,8-9,15H2,1H3. The molecular weight excluding hydrogens is 242 g/mol. The van der Waals surface area contributed by atoms with Crippen LogP contribution in [0.4, 0.5) is 11.4 Å². The van der Waals surface area contributed by atoms with Crippen LogP contribution >= 0.6 is 0 Å². The van der Waals surface area contributed by atoms with E-state index in [1.54, 1.807) is 13.3 Å². The molecule has 0 amide bonds. The Hall–Kier alpha value is -1.85. The van der Waals surface area contributed by atoms with E-state index in [4.69, 9.17) is 15.6 Å². The van der Waals surface area contributed by atoms with Crippen LogP contribution < -0.4 is 11.1 Å². The third kappa shape index (κ3) is 3.13. The van der Waals surface area contributed by atoms with Gasteiger partial charge in [0.2, 0.25) is 0 Å². The number of aromatic nitrogens is 1. The van der Waals surface area contributed by atoms with Gasteiger partial charge in [-0.1, -0.05) is 0 Å². The smallest absolute Gasteiger partial charge is 0.0951 e. The summed E-state index contributed by atoms with van der Waals surface area (Å²) in [7, 11) is 1.65. The van der Waals surface area contributed by atoms with Crippen LogP contribution in [0.3, 0.4) is 0 Å². The molecule has 2 aromatic rings. The van der Waals surface area contributed by atoms with Crippen LogP contribution in [0.1, 0.15) is 6.42 Å². The third-order valence-corrected chi connectivity index (χ3v) is 3.01. The number of rotatable bonds is 6. The molecule has 1 unspecified atom stereocenters. The Kier molecular flexibility index (Phi) is 4.54. The zero-order valence-electron chi connectivity index (χ0n) is 11.0. The number of nitrogens with zero attached hydrogens (tertiary/aromatic N) is 1. The highest BCUT2D eigenvalue weighted by Gasteiger charge is 2.11. The maximum Gasteiger partial charge on any atom is 0.0951 e. The maximum absolute atomic E-state index is 9.07. The van der Waals surface area contributed by atoms with Crippen molar-refractivity contribution in [3.63, 3.8) is 0 Å². The van der Waals surface area contributed by atoms with E-state index in [9.17, 15) is 0 Å². The molecule has 5 nitrogen and oxygen atoms in total. The molecule has 0 saturated carbocycles. The first-order valence-corrected chi connectivity index (χ1v) is 6.25. The van der Waals surface area contributed by atoms with Crippen LogP contribution in [0, 0.1) is 0 Å². The van der Waals surface area contributed by atoms with Crippen molar-refractivity contribution < 1.29 is 9.84 Å². The van der Waals surface area contributed by atoms with Gasteiger partial charge in [-0.15, -0.1) is 0 Å². The second kappa shape index (κ2) is 6.36. The van der Waals surface area contributed by atoms with Gasteiger partial charge in [-0.2, -0.15) is 0 Å². The molecule has 1 aromatic heterocycles. The van der Waals surface area contributed by atoms with Gasteiger partial charge in [-0.05, 0) is 30.7 Å². The van der Waals surface area contributed by atoms with Crippen molar-refractivity contribution in [1.29, 1.82) is 0 Å². The molecule has 0 aliphatic rings. The first-order valence-electron chi connectivity index (χ1n) is 6.25. The van der Waals surface area contributed by atoms with Crippen LogP contribution in [0.5, 0.6) is 0 Å². The predicted octanol–water partition coefficient (Wildman–Crippen LogP) is 1.63. The Balaban J connectivity index is 2.31. The summed E-state index contributed by atoms with van der Waals surface area (Å²) in [5.41, 5.74) is 8.31. The Bertz CT molecular complexity index is 539. The molecule has 2 rings (SSSR count). The number of aliphatic hydroxyl groups is 1.